The molecule has 2 heterocycles. The Balaban J connectivity index is 1.85. The van der Waals surface area contributed by atoms with Gasteiger partial charge in [-0.05, 0) is 46.0 Å². The van der Waals surface area contributed by atoms with Crippen LogP contribution in [0.2, 0.25) is 0 Å². The van der Waals surface area contributed by atoms with Gasteiger partial charge in [0.05, 0.1) is 6.04 Å². The topological polar surface area (TPSA) is 143 Å². The van der Waals surface area contributed by atoms with Gasteiger partial charge in [0.1, 0.15) is 24.0 Å². The number of amides is 4. The van der Waals surface area contributed by atoms with E-state index in [9.17, 15) is 24.0 Å². The van der Waals surface area contributed by atoms with Gasteiger partial charge < -0.3 is 35.1 Å². The van der Waals surface area contributed by atoms with E-state index in [0.717, 1.165) is 0 Å². The van der Waals surface area contributed by atoms with E-state index in [0.29, 0.717) is 51.6 Å². The molecule has 2 rings (SSSR count). The quantitative estimate of drug-likeness (QED) is 0.413. The van der Waals surface area contributed by atoms with Crippen LogP contribution in [0.5, 0.6) is 0 Å². The fourth-order valence-corrected chi connectivity index (χ4v) is 4.12. The Labute approximate surface area is 207 Å². The standard InChI is InChI=1S/C24H40N4O7/c1-15(2)12-19(21(31)26-17(14-29)13-16-6-9-25-20(16)30)27-22(32)34-18-7-10-28(11-8-18)23(33)35-24(3,4)5/h14-19H,6-13H2,1-5H3,(H,25,30)(H,26,31)(H,27,32)/t16-,17-,19-/m0/s1. The lowest BCUT2D eigenvalue weighted by molar-refractivity contribution is -0.127. The molecule has 2 fully saturated rings. The summed E-state index contributed by atoms with van der Waals surface area (Å²) in [7, 11) is 0. The van der Waals surface area contributed by atoms with E-state index in [-0.39, 0.29) is 30.3 Å². The van der Waals surface area contributed by atoms with Gasteiger partial charge >= 0.3 is 12.2 Å². The molecule has 0 bridgehead atoms. The number of nitrogens with zero attached hydrogens (tertiary/aromatic N) is 1. The first kappa shape index (κ1) is 28.4. The molecule has 3 N–H and O–H groups in total. The zero-order valence-electron chi connectivity index (χ0n) is 21.4. The largest absolute Gasteiger partial charge is 0.446 e. The third-order valence-electron chi connectivity index (χ3n) is 5.88. The smallest absolute Gasteiger partial charge is 0.410 e. The molecule has 0 saturated carbocycles. The average Bonchev–Trinajstić information content (AvgIpc) is 3.15. The summed E-state index contributed by atoms with van der Waals surface area (Å²) in [4.78, 5) is 62.5. The average molecular weight is 497 g/mol. The molecule has 0 aromatic rings. The van der Waals surface area contributed by atoms with Crippen molar-refractivity contribution in [1.29, 1.82) is 0 Å². The van der Waals surface area contributed by atoms with Crippen LogP contribution in [-0.4, -0.2) is 78.6 Å². The summed E-state index contributed by atoms with van der Waals surface area (Å²) in [5.74, 6) is -0.841. The lowest BCUT2D eigenvalue weighted by Gasteiger charge is -2.33. The minimum atomic E-state index is -0.885. The molecule has 3 atom stereocenters. The molecule has 2 aliphatic rings. The van der Waals surface area contributed by atoms with Crippen LogP contribution in [0.3, 0.4) is 0 Å². The highest BCUT2D eigenvalue weighted by molar-refractivity contribution is 5.88. The number of carbonyl (C=O) groups is 5. The molecular formula is C24H40N4O7. The van der Waals surface area contributed by atoms with Gasteiger partial charge in [-0.1, -0.05) is 13.8 Å². The van der Waals surface area contributed by atoms with Crippen LogP contribution in [-0.2, 0) is 23.9 Å². The van der Waals surface area contributed by atoms with E-state index in [4.69, 9.17) is 9.47 Å². The Bertz CT molecular complexity index is 772. The predicted octanol–water partition coefficient (Wildman–Crippen LogP) is 1.74. The van der Waals surface area contributed by atoms with Gasteiger partial charge in [0.2, 0.25) is 11.8 Å². The predicted molar refractivity (Wildman–Crippen MR) is 127 cm³/mol. The Kier molecular flexibility index (Phi) is 10.3. The third-order valence-corrected chi connectivity index (χ3v) is 5.88. The van der Waals surface area contributed by atoms with Gasteiger partial charge in [-0.15, -0.1) is 0 Å². The van der Waals surface area contributed by atoms with Crippen molar-refractivity contribution in [2.75, 3.05) is 19.6 Å². The van der Waals surface area contributed by atoms with Crippen LogP contribution in [0.1, 0.15) is 66.7 Å². The van der Waals surface area contributed by atoms with E-state index < -0.39 is 35.8 Å². The molecule has 0 aromatic heterocycles. The molecular weight excluding hydrogens is 456 g/mol. The monoisotopic (exact) mass is 496 g/mol. The summed E-state index contributed by atoms with van der Waals surface area (Å²) in [6.07, 6.45) is 1.23. The number of hydrogen-bond acceptors (Lipinski definition) is 7. The number of alkyl carbamates (subject to hydrolysis) is 1. The molecule has 4 amide bonds. The van der Waals surface area contributed by atoms with Crippen molar-refractivity contribution in [3.63, 3.8) is 0 Å². The minimum absolute atomic E-state index is 0.0957. The highest BCUT2D eigenvalue weighted by Gasteiger charge is 2.32. The van der Waals surface area contributed by atoms with Crippen LogP contribution >= 0.6 is 0 Å². The Morgan fingerprint density at radius 2 is 1.80 bits per heavy atom. The van der Waals surface area contributed by atoms with Crippen LogP contribution in [0.25, 0.3) is 0 Å². The van der Waals surface area contributed by atoms with Crippen molar-refractivity contribution in [2.45, 2.75) is 90.5 Å². The number of piperidine rings is 1. The van der Waals surface area contributed by atoms with Crippen molar-refractivity contribution < 1.29 is 33.4 Å². The van der Waals surface area contributed by atoms with Crippen LogP contribution in [0.4, 0.5) is 9.59 Å². The van der Waals surface area contributed by atoms with E-state index in [2.05, 4.69) is 16.0 Å². The molecule has 0 radical (unpaired) electrons. The highest BCUT2D eigenvalue weighted by atomic mass is 16.6. The van der Waals surface area contributed by atoms with Gasteiger partial charge in [0.15, 0.2) is 0 Å². The van der Waals surface area contributed by atoms with Crippen LogP contribution in [0.15, 0.2) is 0 Å². The van der Waals surface area contributed by atoms with E-state index in [1.165, 1.54) is 0 Å². The SMILES string of the molecule is CC(C)C[C@H](NC(=O)OC1CCN(C(=O)OC(C)(C)C)CC1)C(=O)N[C@H](C=O)C[C@@H]1CCNC1=O. The van der Waals surface area contributed by atoms with Crippen molar-refractivity contribution >= 4 is 30.3 Å². The first-order valence-corrected chi connectivity index (χ1v) is 12.4. The van der Waals surface area contributed by atoms with Gasteiger partial charge in [-0.25, -0.2) is 9.59 Å². The van der Waals surface area contributed by atoms with Gasteiger partial charge in [-0.2, -0.15) is 0 Å². The second-order valence-corrected chi connectivity index (χ2v) is 10.7. The Morgan fingerprint density at radius 3 is 2.31 bits per heavy atom. The maximum absolute atomic E-state index is 12.9. The second kappa shape index (κ2) is 12.7. The number of hydrogen-bond donors (Lipinski definition) is 3. The number of nitrogens with one attached hydrogen (secondary N) is 3. The maximum atomic E-state index is 12.9. The van der Waals surface area contributed by atoms with Crippen LogP contribution in [0, 0.1) is 11.8 Å². The summed E-state index contributed by atoms with van der Waals surface area (Å²) in [5, 5.41) is 7.98. The second-order valence-electron chi connectivity index (χ2n) is 10.7. The first-order valence-electron chi connectivity index (χ1n) is 12.4. The fraction of sp³-hybridized carbons (Fsp3) is 0.792. The van der Waals surface area contributed by atoms with Crippen molar-refractivity contribution in [3.05, 3.63) is 0 Å². The maximum Gasteiger partial charge on any atom is 0.410 e. The number of rotatable bonds is 9. The lowest BCUT2D eigenvalue weighted by Crippen LogP contribution is -2.52. The molecule has 0 aliphatic carbocycles. The van der Waals surface area contributed by atoms with E-state index in [1.54, 1.807) is 25.7 Å². The van der Waals surface area contributed by atoms with Crippen molar-refractivity contribution in [3.8, 4) is 0 Å². The molecule has 11 heteroatoms. The Morgan fingerprint density at radius 1 is 1.14 bits per heavy atom. The summed E-state index contributed by atoms with van der Waals surface area (Å²) in [5.41, 5.74) is -0.581. The Hall–Kier alpha value is -2.85. The zero-order valence-corrected chi connectivity index (χ0v) is 21.4. The molecule has 0 unspecified atom stereocenters. The lowest BCUT2D eigenvalue weighted by atomic mass is 9.98. The molecule has 2 aliphatic heterocycles. The van der Waals surface area contributed by atoms with E-state index in [1.807, 2.05) is 13.8 Å². The summed E-state index contributed by atoms with van der Waals surface area (Å²) in [6.45, 7) is 10.6. The molecule has 35 heavy (non-hydrogen) atoms. The molecule has 0 aromatic carbocycles. The summed E-state index contributed by atoms with van der Waals surface area (Å²) in [6, 6.07) is -1.70. The molecule has 0 spiro atoms. The highest BCUT2D eigenvalue weighted by Crippen LogP contribution is 2.18. The summed E-state index contributed by atoms with van der Waals surface area (Å²) >= 11 is 0. The first-order chi connectivity index (χ1) is 16.4. The van der Waals surface area contributed by atoms with Gasteiger partial charge in [-0.3, -0.25) is 9.59 Å². The van der Waals surface area contributed by atoms with Gasteiger partial charge in [0.25, 0.3) is 0 Å². The number of likely N-dealkylation sites (tertiary alicyclic amines) is 1. The third kappa shape index (κ3) is 9.73. The number of ether oxygens (including phenoxy) is 2. The normalized spacial score (nSPS) is 20.6. The summed E-state index contributed by atoms with van der Waals surface area (Å²) < 4.78 is 10.9. The van der Waals surface area contributed by atoms with Gasteiger partial charge in [0, 0.05) is 38.4 Å². The zero-order chi connectivity index (χ0) is 26.2. The van der Waals surface area contributed by atoms with Crippen molar-refractivity contribution in [2.24, 2.45) is 11.8 Å². The minimum Gasteiger partial charge on any atom is -0.446 e. The van der Waals surface area contributed by atoms with Crippen molar-refractivity contribution in [1.82, 2.24) is 20.9 Å². The number of aldehydes is 1. The molecule has 11 nitrogen and oxygen atoms in total. The van der Waals surface area contributed by atoms with Crippen LogP contribution < -0.4 is 16.0 Å². The molecule has 2 saturated heterocycles. The number of carbonyl (C=O) groups excluding carboxylic acids is 5. The van der Waals surface area contributed by atoms with E-state index >= 15 is 0 Å². The fourth-order valence-electron chi connectivity index (χ4n) is 4.12. The molecule has 198 valence electrons.